The first-order chi connectivity index (χ1) is 10.5. The van der Waals surface area contributed by atoms with E-state index in [0.717, 1.165) is 11.3 Å². The average Bonchev–Trinajstić information content (AvgIpc) is 2.90. The van der Waals surface area contributed by atoms with Crippen LogP contribution in [0.1, 0.15) is 24.3 Å². The molecule has 2 rings (SSSR count). The number of nitrogens with zero attached hydrogens (tertiary/aromatic N) is 1. The van der Waals surface area contributed by atoms with E-state index in [1.54, 1.807) is 18.4 Å². The molecule has 0 unspecified atom stereocenters. The highest BCUT2D eigenvalue weighted by Gasteiger charge is 2.14. The summed E-state index contributed by atoms with van der Waals surface area (Å²) in [6.45, 7) is 2.74. The van der Waals surface area contributed by atoms with Crippen molar-refractivity contribution in [2.45, 2.75) is 19.5 Å². The third-order valence-electron chi connectivity index (χ3n) is 3.23. The van der Waals surface area contributed by atoms with Crippen molar-refractivity contribution >= 4 is 29.1 Å². The van der Waals surface area contributed by atoms with Gasteiger partial charge in [0.05, 0.1) is 25.4 Å². The summed E-state index contributed by atoms with van der Waals surface area (Å²) in [5.41, 5.74) is 0.841. The molecule has 0 saturated heterocycles. The van der Waals surface area contributed by atoms with Crippen molar-refractivity contribution in [2.24, 2.45) is 0 Å². The van der Waals surface area contributed by atoms with E-state index in [2.05, 4.69) is 5.32 Å². The van der Waals surface area contributed by atoms with Gasteiger partial charge in [-0.05, 0) is 43.8 Å². The molecule has 4 nitrogen and oxygen atoms in total. The lowest BCUT2D eigenvalue weighted by Crippen LogP contribution is -2.36. The Morgan fingerprint density at radius 2 is 2.14 bits per heavy atom. The molecule has 0 fully saturated rings. The predicted molar refractivity (Wildman–Crippen MR) is 88.1 cm³/mol. The lowest BCUT2D eigenvalue weighted by atomic mass is 10.1. The molecule has 118 valence electrons. The minimum Gasteiger partial charge on any atom is -0.468 e. The van der Waals surface area contributed by atoms with E-state index in [9.17, 15) is 4.79 Å². The first-order valence-corrected chi connectivity index (χ1v) is 7.66. The lowest BCUT2D eigenvalue weighted by molar-refractivity contribution is -0.122. The van der Waals surface area contributed by atoms with Crippen LogP contribution >= 0.6 is 23.2 Å². The molecule has 22 heavy (non-hydrogen) atoms. The number of rotatable bonds is 6. The number of nitrogens with one attached hydrogen (secondary N) is 1. The number of hydrogen-bond donors (Lipinski definition) is 1. The Morgan fingerprint density at radius 1 is 1.36 bits per heavy atom. The molecule has 1 heterocycles. The van der Waals surface area contributed by atoms with E-state index in [-0.39, 0.29) is 18.5 Å². The van der Waals surface area contributed by atoms with Crippen LogP contribution < -0.4 is 5.32 Å². The normalized spacial score (nSPS) is 12.4. The molecule has 0 saturated carbocycles. The fourth-order valence-corrected chi connectivity index (χ4v) is 2.76. The second-order valence-corrected chi connectivity index (χ2v) is 6.05. The fraction of sp³-hybridized carbons (Fsp3) is 0.312. The van der Waals surface area contributed by atoms with Crippen LogP contribution in [0.15, 0.2) is 41.0 Å². The summed E-state index contributed by atoms with van der Waals surface area (Å²) in [5.74, 6) is 0.747. The molecule has 0 bridgehead atoms. The van der Waals surface area contributed by atoms with Crippen molar-refractivity contribution in [2.75, 3.05) is 13.6 Å². The van der Waals surface area contributed by atoms with Crippen LogP contribution in [0.3, 0.4) is 0 Å². The molecule has 1 atom stereocenters. The topological polar surface area (TPSA) is 45.5 Å². The highest BCUT2D eigenvalue weighted by atomic mass is 35.5. The van der Waals surface area contributed by atoms with Gasteiger partial charge in [-0.15, -0.1) is 0 Å². The molecule has 6 heteroatoms. The Morgan fingerprint density at radius 3 is 2.77 bits per heavy atom. The molecule has 1 aromatic carbocycles. The number of benzene rings is 1. The Balaban J connectivity index is 1.88. The van der Waals surface area contributed by atoms with Crippen molar-refractivity contribution in [1.82, 2.24) is 10.2 Å². The van der Waals surface area contributed by atoms with Gasteiger partial charge >= 0.3 is 0 Å². The van der Waals surface area contributed by atoms with Crippen molar-refractivity contribution < 1.29 is 9.21 Å². The number of likely N-dealkylation sites (N-methyl/N-ethyl adjacent to an activating group) is 1. The Bertz CT molecular complexity index is 629. The maximum absolute atomic E-state index is 12.1. The maximum atomic E-state index is 12.1. The SMILES string of the molecule is C[C@@H](NC(=O)CN(C)Cc1ccco1)c1ccc(Cl)cc1Cl. The van der Waals surface area contributed by atoms with Gasteiger partial charge in [0.2, 0.25) is 5.91 Å². The summed E-state index contributed by atoms with van der Waals surface area (Å²) in [4.78, 5) is 14.0. The fourth-order valence-electron chi connectivity index (χ4n) is 2.19. The molecule has 0 aliphatic heterocycles. The predicted octanol–water partition coefficient (Wildman–Crippen LogP) is 3.90. The van der Waals surface area contributed by atoms with Gasteiger partial charge in [-0.2, -0.15) is 0 Å². The zero-order valence-electron chi connectivity index (χ0n) is 12.5. The maximum Gasteiger partial charge on any atom is 0.234 e. The van der Waals surface area contributed by atoms with Gasteiger partial charge in [-0.1, -0.05) is 29.3 Å². The summed E-state index contributed by atoms with van der Waals surface area (Å²) in [6.07, 6.45) is 1.62. The zero-order valence-corrected chi connectivity index (χ0v) is 14.0. The summed E-state index contributed by atoms with van der Waals surface area (Å²) < 4.78 is 5.26. The quantitative estimate of drug-likeness (QED) is 0.867. The third-order valence-corrected chi connectivity index (χ3v) is 3.79. The van der Waals surface area contributed by atoms with E-state index in [4.69, 9.17) is 27.6 Å². The standard InChI is InChI=1S/C16H18Cl2N2O2/c1-11(14-6-5-12(17)8-15(14)18)19-16(21)10-20(2)9-13-4-3-7-22-13/h3-8,11H,9-10H2,1-2H3,(H,19,21)/t11-/m1/s1. The van der Waals surface area contributed by atoms with E-state index in [0.29, 0.717) is 16.6 Å². The summed E-state index contributed by atoms with van der Waals surface area (Å²) in [5, 5.41) is 4.05. The van der Waals surface area contributed by atoms with Gasteiger partial charge in [-0.3, -0.25) is 9.69 Å². The van der Waals surface area contributed by atoms with Gasteiger partial charge in [0.1, 0.15) is 5.76 Å². The first-order valence-electron chi connectivity index (χ1n) is 6.91. The smallest absolute Gasteiger partial charge is 0.234 e. The second kappa shape index (κ2) is 7.68. The van der Waals surface area contributed by atoms with E-state index in [1.807, 2.05) is 37.1 Å². The van der Waals surface area contributed by atoms with E-state index >= 15 is 0 Å². The van der Waals surface area contributed by atoms with Gasteiger partial charge in [-0.25, -0.2) is 0 Å². The molecule has 1 N–H and O–H groups in total. The summed E-state index contributed by atoms with van der Waals surface area (Å²) in [6, 6.07) is 8.77. The number of furan rings is 1. The third kappa shape index (κ3) is 4.77. The second-order valence-electron chi connectivity index (χ2n) is 5.21. The van der Waals surface area contributed by atoms with Crippen LogP contribution in [-0.4, -0.2) is 24.4 Å². The van der Waals surface area contributed by atoms with Crippen LogP contribution in [0.2, 0.25) is 10.0 Å². The number of carbonyl (C=O) groups is 1. The Hall–Kier alpha value is -1.49. The van der Waals surface area contributed by atoms with Crippen LogP contribution in [0, 0.1) is 0 Å². The number of carbonyl (C=O) groups excluding carboxylic acids is 1. The van der Waals surface area contributed by atoms with Crippen molar-refractivity contribution in [1.29, 1.82) is 0 Å². The molecular formula is C16H18Cl2N2O2. The number of halogens is 2. The van der Waals surface area contributed by atoms with E-state index in [1.165, 1.54) is 0 Å². The molecule has 1 aromatic heterocycles. The zero-order chi connectivity index (χ0) is 16.1. The molecule has 0 aliphatic carbocycles. The first kappa shape index (κ1) is 16.9. The minimum atomic E-state index is -0.186. The van der Waals surface area contributed by atoms with E-state index < -0.39 is 0 Å². The summed E-state index contributed by atoms with van der Waals surface area (Å²) >= 11 is 12.0. The number of amides is 1. The van der Waals surface area contributed by atoms with Gasteiger partial charge in [0, 0.05) is 10.0 Å². The van der Waals surface area contributed by atoms with Crippen LogP contribution in [0.4, 0.5) is 0 Å². The van der Waals surface area contributed by atoms with Crippen LogP contribution in [-0.2, 0) is 11.3 Å². The van der Waals surface area contributed by atoms with Crippen LogP contribution in [0.25, 0.3) is 0 Å². The molecule has 0 radical (unpaired) electrons. The van der Waals surface area contributed by atoms with Crippen molar-refractivity contribution in [3.05, 3.63) is 58.0 Å². The Kier molecular flexibility index (Phi) is 5.89. The van der Waals surface area contributed by atoms with Crippen molar-refractivity contribution in [3.63, 3.8) is 0 Å². The molecule has 2 aromatic rings. The minimum absolute atomic E-state index is 0.0763. The molecule has 0 spiro atoms. The van der Waals surface area contributed by atoms with Crippen molar-refractivity contribution in [3.8, 4) is 0 Å². The lowest BCUT2D eigenvalue weighted by Gasteiger charge is -2.19. The van der Waals surface area contributed by atoms with Gasteiger partial charge in [0.15, 0.2) is 0 Å². The highest BCUT2D eigenvalue weighted by molar-refractivity contribution is 6.35. The molecular weight excluding hydrogens is 323 g/mol. The Labute approximate surface area is 140 Å². The van der Waals surface area contributed by atoms with Gasteiger partial charge in [0.25, 0.3) is 0 Å². The molecule has 0 aliphatic rings. The monoisotopic (exact) mass is 340 g/mol. The molecule has 1 amide bonds. The van der Waals surface area contributed by atoms with Gasteiger partial charge < -0.3 is 9.73 Å². The largest absolute Gasteiger partial charge is 0.468 e. The highest BCUT2D eigenvalue weighted by Crippen LogP contribution is 2.25. The summed E-state index contributed by atoms with van der Waals surface area (Å²) in [7, 11) is 1.86. The average molecular weight is 341 g/mol. The number of hydrogen-bond acceptors (Lipinski definition) is 3. The van der Waals surface area contributed by atoms with Crippen LogP contribution in [0.5, 0.6) is 0 Å².